The van der Waals surface area contributed by atoms with Crippen molar-refractivity contribution in [3.05, 3.63) is 34.1 Å². The Hall–Kier alpha value is -0.740. The highest BCUT2D eigenvalue weighted by molar-refractivity contribution is 9.10. The van der Waals surface area contributed by atoms with E-state index in [1.807, 2.05) is 0 Å². The summed E-state index contributed by atoms with van der Waals surface area (Å²) in [4.78, 5) is 11.9. The number of benzene rings is 1. The Labute approximate surface area is 102 Å². The molecule has 0 unspecified atom stereocenters. The molecule has 2 nitrogen and oxygen atoms in total. The third kappa shape index (κ3) is 2.33. The van der Waals surface area contributed by atoms with Crippen molar-refractivity contribution in [2.45, 2.75) is 31.2 Å². The van der Waals surface area contributed by atoms with E-state index in [4.69, 9.17) is 5.73 Å². The van der Waals surface area contributed by atoms with Crippen molar-refractivity contribution in [1.29, 1.82) is 0 Å². The van der Waals surface area contributed by atoms with Crippen LogP contribution in [0.3, 0.4) is 0 Å². The molecule has 0 atom stereocenters. The van der Waals surface area contributed by atoms with Gasteiger partial charge >= 0.3 is 0 Å². The molecule has 86 valence electrons. The van der Waals surface area contributed by atoms with Crippen molar-refractivity contribution in [1.82, 2.24) is 0 Å². The van der Waals surface area contributed by atoms with Crippen LogP contribution in [0, 0.1) is 5.82 Å². The van der Waals surface area contributed by atoms with Gasteiger partial charge in [0.1, 0.15) is 5.82 Å². The molecule has 4 heteroatoms. The highest BCUT2D eigenvalue weighted by atomic mass is 79.9. The lowest BCUT2D eigenvalue weighted by molar-refractivity contribution is -0.126. The first kappa shape index (κ1) is 11.7. The quantitative estimate of drug-likeness (QED) is 0.928. The lowest BCUT2D eigenvalue weighted by Crippen LogP contribution is -2.54. The SMILES string of the molecule is NC1(C(=O)Cc2cc(F)cc(Br)c2)CCC1. The van der Waals surface area contributed by atoms with Crippen molar-refractivity contribution in [2.24, 2.45) is 5.73 Å². The molecule has 1 aromatic carbocycles. The first-order chi connectivity index (χ1) is 7.49. The number of carbonyl (C=O) groups excluding carboxylic acids is 1. The molecule has 1 aliphatic rings. The Kier molecular flexibility index (Phi) is 3.13. The van der Waals surface area contributed by atoms with Crippen molar-refractivity contribution in [2.75, 3.05) is 0 Å². The molecule has 0 bridgehead atoms. The number of nitrogens with two attached hydrogens (primary N) is 1. The predicted molar refractivity (Wildman–Crippen MR) is 63.6 cm³/mol. The molecule has 1 saturated carbocycles. The van der Waals surface area contributed by atoms with E-state index < -0.39 is 5.54 Å². The summed E-state index contributed by atoms with van der Waals surface area (Å²) in [6.45, 7) is 0. The lowest BCUT2D eigenvalue weighted by Gasteiger charge is -2.36. The average Bonchev–Trinajstić information content (AvgIpc) is 2.12. The van der Waals surface area contributed by atoms with E-state index >= 15 is 0 Å². The van der Waals surface area contributed by atoms with Gasteiger partial charge in [-0.2, -0.15) is 0 Å². The van der Waals surface area contributed by atoms with E-state index in [2.05, 4.69) is 15.9 Å². The minimum absolute atomic E-state index is 0.0104. The topological polar surface area (TPSA) is 43.1 Å². The van der Waals surface area contributed by atoms with Crippen LogP contribution in [0.4, 0.5) is 4.39 Å². The van der Waals surface area contributed by atoms with Crippen molar-refractivity contribution >= 4 is 21.7 Å². The maximum atomic E-state index is 13.1. The van der Waals surface area contributed by atoms with Crippen LogP contribution in [0.2, 0.25) is 0 Å². The summed E-state index contributed by atoms with van der Waals surface area (Å²) in [7, 11) is 0. The standard InChI is InChI=1S/C12H13BrFNO/c13-9-4-8(5-10(14)7-9)6-11(16)12(15)2-1-3-12/h4-5,7H,1-3,6,15H2. The van der Waals surface area contributed by atoms with Crippen LogP contribution in [0.25, 0.3) is 0 Å². The molecule has 1 fully saturated rings. The van der Waals surface area contributed by atoms with Crippen LogP contribution >= 0.6 is 15.9 Å². The van der Waals surface area contributed by atoms with Crippen LogP contribution in [0.15, 0.2) is 22.7 Å². The molecule has 2 rings (SSSR count). The van der Waals surface area contributed by atoms with E-state index in [0.717, 1.165) is 19.3 Å². The van der Waals surface area contributed by atoms with Gasteiger partial charge in [0.15, 0.2) is 5.78 Å². The van der Waals surface area contributed by atoms with Gasteiger partial charge < -0.3 is 5.73 Å². The highest BCUT2D eigenvalue weighted by Gasteiger charge is 2.39. The van der Waals surface area contributed by atoms with E-state index in [1.54, 1.807) is 6.07 Å². The number of ketones is 1. The van der Waals surface area contributed by atoms with Gasteiger partial charge in [-0.1, -0.05) is 15.9 Å². The minimum Gasteiger partial charge on any atom is -0.319 e. The lowest BCUT2D eigenvalue weighted by atomic mass is 9.73. The fourth-order valence-electron chi connectivity index (χ4n) is 1.91. The zero-order valence-electron chi connectivity index (χ0n) is 8.80. The minimum atomic E-state index is -0.654. The third-order valence-corrected chi connectivity index (χ3v) is 3.55. The van der Waals surface area contributed by atoms with E-state index in [1.165, 1.54) is 12.1 Å². The number of hydrogen-bond acceptors (Lipinski definition) is 2. The summed E-state index contributed by atoms with van der Waals surface area (Å²) in [6.07, 6.45) is 2.73. The van der Waals surface area contributed by atoms with Crippen LogP contribution < -0.4 is 5.73 Å². The second-order valence-electron chi connectivity index (χ2n) is 4.39. The molecule has 1 aromatic rings. The molecule has 0 saturated heterocycles. The van der Waals surface area contributed by atoms with Gasteiger partial charge in [-0.3, -0.25) is 4.79 Å². The van der Waals surface area contributed by atoms with Gasteiger partial charge in [0.25, 0.3) is 0 Å². The number of Topliss-reactive ketones (excluding diaryl/α,β-unsaturated/α-hetero) is 1. The molecular weight excluding hydrogens is 273 g/mol. The monoisotopic (exact) mass is 285 g/mol. The Morgan fingerprint density at radius 3 is 2.62 bits per heavy atom. The normalized spacial score (nSPS) is 17.9. The second kappa shape index (κ2) is 4.26. The number of halogens is 2. The summed E-state index contributed by atoms with van der Waals surface area (Å²) in [6, 6.07) is 4.50. The van der Waals surface area contributed by atoms with Crippen molar-refractivity contribution in [3.8, 4) is 0 Å². The maximum absolute atomic E-state index is 13.1. The van der Waals surface area contributed by atoms with Gasteiger partial charge in [0.05, 0.1) is 5.54 Å². The molecule has 0 radical (unpaired) electrons. The van der Waals surface area contributed by atoms with Gasteiger partial charge in [-0.05, 0) is 43.0 Å². The number of rotatable bonds is 3. The second-order valence-corrected chi connectivity index (χ2v) is 5.30. The van der Waals surface area contributed by atoms with Gasteiger partial charge in [0, 0.05) is 10.9 Å². The average molecular weight is 286 g/mol. The van der Waals surface area contributed by atoms with E-state index in [9.17, 15) is 9.18 Å². The molecule has 0 heterocycles. The summed E-state index contributed by atoms with van der Waals surface area (Å²) in [5, 5.41) is 0. The van der Waals surface area contributed by atoms with Crippen LogP contribution in [-0.4, -0.2) is 11.3 Å². The molecule has 2 N–H and O–H groups in total. The van der Waals surface area contributed by atoms with E-state index in [-0.39, 0.29) is 18.0 Å². The molecule has 0 amide bonds. The molecule has 16 heavy (non-hydrogen) atoms. The van der Waals surface area contributed by atoms with Gasteiger partial charge in [-0.15, -0.1) is 0 Å². The Morgan fingerprint density at radius 2 is 2.12 bits per heavy atom. The van der Waals surface area contributed by atoms with Crippen LogP contribution in [0.5, 0.6) is 0 Å². The first-order valence-corrected chi connectivity index (χ1v) is 6.06. The highest BCUT2D eigenvalue weighted by Crippen LogP contribution is 2.31. The smallest absolute Gasteiger partial charge is 0.156 e. The molecule has 0 spiro atoms. The summed E-state index contributed by atoms with van der Waals surface area (Å²) in [5.41, 5.74) is 5.94. The van der Waals surface area contributed by atoms with Crippen molar-refractivity contribution in [3.63, 3.8) is 0 Å². The molecule has 1 aliphatic carbocycles. The Morgan fingerprint density at radius 1 is 1.44 bits per heavy atom. The van der Waals surface area contributed by atoms with Crippen LogP contribution in [-0.2, 0) is 11.2 Å². The predicted octanol–water partition coefficient (Wildman–Crippen LogP) is 2.58. The number of carbonyl (C=O) groups is 1. The summed E-state index contributed by atoms with van der Waals surface area (Å²) < 4.78 is 13.7. The largest absolute Gasteiger partial charge is 0.319 e. The zero-order valence-corrected chi connectivity index (χ0v) is 10.4. The summed E-state index contributed by atoms with van der Waals surface area (Å²) in [5.74, 6) is -0.326. The fraction of sp³-hybridized carbons (Fsp3) is 0.417. The first-order valence-electron chi connectivity index (χ1n) is 5.27. The fourth-order valence-corrected chi connectivity index (χ4v) is 2.42. The van der Waals surface area contributed by atoms with E-state index in [0.29, 0.717) is 10.0 Å². The van der Waals surface area contributed by atoms with Crippen LogP contribution in [0.1, 0.15) is 24.8 Å². The maximum Gasteiger partial charge on any atom is 0.156 e. The van der Waals surface area contributed by atoms with Gasteiger partial charge in [0.2, 0.25) is 0 Å². The zero-order chi connectivity index (χ0) is 11.8. The molecule has 0 aliphatic heterocycles. The summed E-state index contributed by atoms with van der Waals surface area (Å²) >= 11 is 3.20. The van der Waals surface area contributed by atoms with Gasteiger partial charge in [-0.25, -0.2) is 4.39 Å². The molecule has 0 aromatic heterocycles. The number of hydrogen-bond donors (Lipinski definition) is 1. The third-order valence-electron chi connectivity index (χ3n) is 3.09. The Bertz CT molecular complexity index is 409. The Balaban J connectivity index is 2.11. The van der Waals surface area contributed by atoms with Crippen molar-refractivity contribution < 1.29 is 9.18 Å². The molecular formula is C12H13BrFNO.